The summed E-state index contributed by atoms with van der Waals surface area (Å²) in [6.45, 7) is 1.74. The van der Waals surface area contributed by atoms with Gasteiger partial charge in [-0.1, -0.05) is 17.3 Å². The van der Waals surface area contributed by atoms with E-state index in [9.17, 15) is 13.6 Å². The third-order valence-electron chi connectivity index (χ3n) is 4.51. The van der Waals surface area contributed by atoms with Gasteiger partial charge in [-0.2, -0.15) is 0 Å². The number of ether oxygens (including phenoxy) is 1. The number of hydrogen-bond acceptors (Lipinski definition) is 7. The standard InChI is InChI=1S/C21H17F2N5O2S/c1-11-7-13(14-8-16(19(22)23)25-10-17(14)30-2)15(9-24-11)20(29)26-21-28-27-18(31-21)6-5-12-3-4-12/h7-10,12,19H,3-4H2,1-2H3,(H,26,28,29). The molecule has 3 aromatic heterocycles. The number of methoxy groups -OCH3 is 1. The summed E-state index contributed by atoms with van der Waals surface area (Å²) < 4.78 is 31.7. The maximum Gasteiger partial charge on any atom is 0.280 e. The molecule has 158 valence electrons. The van der Waals surface area contributed by atoms with Crippen LogP contribution in [-0.4, -0.2) is 33.2 Å². The number of carbonyl (C=O) groups excluding carboxylic acids is 1. The van der Waals surface area contributed by atoms with Crippen molar-refractivity contribution >= 4 is 22.4 Å². The second-order valence-corrected chi connectivity index (χ2v) is 7.87. The Bertz CT molecular complexity index is 1200. The number of nitrogens with one attached hydrogen (secondary N) is 1. The summed E-state index contributed by atoms with van der Waals surface area (Å²) in [5, 5.41) is 11.4. The lowest BCUT2D eigenvalue weighted by Crippen LogP contribution is -2.14. The van der Waals surface area contributed by atoms with E-state index in [-0.39, 0.29) is 16.4 Å². The van der Waals surface area contributed by atoms with Crippen LogP contribution in [0.2, 0.25) is 0 Å². The first-order valence-corrected chi connectivity index (χ1v) is 10.2. The van der Waals surface area contributed by atoms with Gasteiger partial charge in [0.15, 0.2) is 5.01 Å². The van der Waals surface area contributed by atoms with E-state index in [0.29, 0.717) is 27.7 Å². The minimum absolute atomic E-state index is 0.177. The molecule has 0 unspecified atom stereocenters. The molecule has 0 atom stereocenters. The number of alkyl halides is 2. The van der Waals surface area contributed by atoms with Gasteiger partial charge >= 0.3 is 0 Å². The molecule has 7 nitrogen and oxygen atoms in total. The van der Waals surface area contributed by atoms with E-state index in [1.54, 1.807) is 13.0 Å². The zero-order chi connectivity index (χ0) is 22.0. The van der Waals surface area contributed by atoms with Crippen LogP contribution in [0.25, 0.3) is 11.1 Å². The molecule has 31 heavy (non-hydrogen) atoms. The largest absolute Gasteiger partial charge is 0.494 e. The molecule has 0 spiro atoms. The number of aryl methyl sites for hydroxylation is 1. The van der Waals surface area contributed by atoms with Crippen molar-refractivity contribution < 1.29 is 18.3 Å². The molecule has 1 aliphatic carbocycles. The van der Waals surface area contributed by atoms with Crippen LogP contribution in [0.15, 0.2) is 24.5 Å². The molecule has 0 radical (unpaired) electrons. The van der Waals surface area contributed by atoms with Gasteiger partial charge in [-0.15, -0.1) is 10.2 Å². The Labute approximate surface area is 180 Å². The van der Waals surface area contributed by atoms with Crippen molar-refractivity contribution in [3.63, 3.8) is 0 Å². The third-order valence-corrected chi connectivity index (χ3v) is 5.27. The number of anilines is 1. The van der Waals surface area contributed by atoms with Gasteiger partial charge in [0.05, 0.1) is 18.9 Å². The molecule has 1 amide bonds. The lowest BCUT2D eigenvalue weighted by atomic mass is 9.99. The van der Waals surface area contributed by atoms with E-state index in [0.717, 1.165) is 24.2 Å². The summed E-state index contributed by atoms with van der Waals surface area (Å²) >= 11 is 1.16. The van der Waals surface area contributed by atoms with E-state index in [2.05, 4.69) is 37.3 Å². The van der Waals surface area contributed by atoms with E-state index in [1.807, 2.05) is 0 Å². The van der Waals surface area contributed by atoms with Crippen LogP contribution in [0.1, 0.15) is 46.0 Å². The van der Waals surface area contributed by atoms with Crippen LogP contribution in [0.4, 0.5) is 13.9 Å². The maximum absolute atomic E-state index is 13.2. The molecule has 0 aromatic carbocycles. The Morgan fingerprint density at radius 1 is 1.23 bits per heavy atom. The third kappa shape index (κ3) is 4.83. The summed E-state index contributed by atoms with van der Waals surface area (Å²) in [6, 6.07) is 2.85. The molecule has 0 aliphatic heterocycles. The number of nitrogens with zero attached hydrogens (tertiary/aromatic N) is 4. The average molecular weight is 441 g/mol. The van der Waals surface area contributed by atoms with Gasteiger partial charge in [0.2, 0.25) is 5.13 Å². The number of amides is 1. The second-order valence-electron chi connectivity index (χ2n) is 6.89. The highest BCUT2D eigenvalue weighted by Gasteiger charge is 2.21. The number of halogens is 2. The summed E-state index contributed by atoms with van der Waals surface area (Å²) in [5.41, 5.74) is 1.08. The van der Waals surface area contributed by atoms with E-state index < -0.39 is 18.0 Å². The molecule has 0 bridgehead atoms. The molecule has 4 rings (SSSR count). The fourth-order valence-corrected chi connectivity index (χ4v) is 3.40. The zero-order valence-corrected chi connectivity index (χ0v) is 17.5. The van der Waals surface area contributed by atoms with Gasteiger partial charge in [-0.05, 0) is 37.8 Å². The van der Waals surface area contributed by atoms with Gasteiger partial charge in [0.1, 0.15) is 11.4 Å². The maximum atomic E-state index is 13.2. The first kappa shape index (κ1) is 20.8. The highest BCUT2D eigenvalue weighted by atomic mass is 32.1. The fourth-order valence-electron chi connectivity index (χ4n) is 2.80. The van der Waals surface area contributed by atoms with Crippen molar-refractivity contribution in [2.45, 2.75) is 26.2 Å². The first-order valence-electron chi connectivity index (χ1n) is 9.40. The fraction of sp³-hybridized carbons (Fsp3) is 0.286. The van der Waals surface area contributed by atoms with Gasteiger partial charge in [0, 0.05) is 28.9 Å². The van der Waals surface area contributed by atoms with Crippen LogP contribution in [-0.2, 0) is 0 Å². The van der Waals surface area contributed by atoms with E-state index in [1.165, 1.54) is 25.6 Å². The van der Waals surface area contributed by atoms with Crippen LogP contribution >= 0.6 is 11.3 Å². The van der Waals surface area contributed by atoms with Crippen molar-refractivity contribution in [3.05, 3.63) is 46.5 Å². The molecular formula is C21H17F2N5O2S. The van der Waals surface area contributed by atoms with Crippen molar-refractivity contribution in [1.82, 2.24) is 20.2 Å². The molecule has 3 heterocycles. The topological polar surface area (TPSA) is 89.9 Å². The number of carbonyl (C=O) groups is 1. The highest BCUT2D eigenvalue weighted by Crippen LogP contribution is 2.35. The van der Waals surface area contributed by atoms with E-state index >= 15 is 0 Å². The predicted octanol–water partition coefficient (Wildman–Crippen LogP) is 4.26. The molecule has 10 heteroatoms. The lowest BCUT2D eigenvalue weighted by Gasteiger charge is -2.14. The Kier molecular flexibility index (Phi) is 5.86. The summed E-state index contributed by atoms with van der Waals surface area (Å²) in [6.07, 6.45) is 2.04. The minimum atomic E-state index is -2.76. The van der Waals surface area contributed by atoms with Crippen LogP contribution in [0.5, 0.6) is 5.75 Å². The summed E-state index contributed by atoms with van der Waals surface area (Å²) in [7, 11) is 1.40. The Hall–Kier alpha value is -3.45. The first-order chi connectivity index (χ1) is 14.9. The number of hydrogen-bond donors (Lipinski definition) is 1. The SMILES string of the molecule is COc1cnc(C(F)F)cc1-c1cc(C)ncc1C(=O)Nc1nnc(C#CC2CC2)s1. The molecule has 1 aliphatic rings. The Balaban J connectivity index is 1.67. The zero-order valence-electron chi connectivity index (χ0n) is 16.6. The van der Waals surface area contributed by atoms with Crippen molar-refractivity contribution in [3.8, 4) is 28.7 Å². The number of rotatable bonds is 5. The molecule has 0 saturated heterocycles. The summed E-state index contributed by atoms with van der Waals surface area (Å²) in [5.74, 6) is 6.23. The molecule has 1 fully saturated rings. The Morgan fingerprint density at radius 3 is 2.74 bits per heavy atom. The van der Waals surface area contributed by atoms with E-state index in [4.69, 9.17) is 4.74 Å². The highest BCUT2D eigenvalue weighted by molar-refractivity contribution is 7.15. The van der Waals surface area contributed by atoms with Gasteiger partial charge in [0.25, 0.3) is 12.3 Å². The number of pyridine rings is 2. The lowest BCUT2D eigenvalue weighted by molar-refractivity contribution is 0.102. The predicted molar refractivity (Wildman–Crippen MR) is 111 cm³/mol. The normalized spacial score (nSPS) is 12.9. The quantitative estimate of drug-likeness (QED) is 0.595. The van der Waals surface area contributed by atoms with Crippen LogP contribution < -0.4 is 10.1 Å². The number of aromatic nitrogens is 4. The molecule has 1 saturated carbocycles. The molecular weight excluding hydrogens is 424 g/mol. The van der Waals surface area contributed by atoms with Crippen molar-refractivity contribution in [2.24, 2.45) is 5.92 Å². The van der Waals surface area contributed by atoms with Crippen LogP contribution in [0.3, 0.4) is 0 Å². The van der Waals surface area contributed by atoms with Crippen molar-refractivity contribution in [1.29, 1.82) is 0 Å². The van der Waals surface area contributed by atoms with Crippen LogP contribution in [0, 0.1) is 24.7 Å². The van der Waals surface area contributed by atoms with Gasteiger partial charge in [-0.3, -0.25) is 20.1 Å². The smallest absolute Gasteiger partial charge is 0.280 e. The average Bonchev–Trinajstić information content (AvgIpc) is 3.49. The second kappa shape index (κ2) is 8.73. The summed E-state index contributed by atoms with van der Waals surface area (Å²) in [4.78, 5) is 20.9. The monoisotopic (exact) mass is 441 g/mol. The molecule has 3 aromatic rings. The van der Waals surface area contributed by atoms with Gasteiger partial charge in [-0.25, -0.2) is 8.78 Å². The van der Waals surface area contributed by atoms with Gasteiger partial charge < -0.3 is 4.74 Å². The molecule has 1 N–H and O–H groups in total. The minimum Gasteiger partial charge on any atom is -0.494 e. The Morgan fingerprint density at radius 2 is 2.03 bits per heavy atom. The van der Waals surface area contributed by atoms with Crippen molar-refractivity contribution in [2.75, 3.05) is 12.4 Å².